The van der Waals surface area contributed by atoms with E-state index >= 15 is 0 Å². The van der Waals surface area contributed by atoms with Crippen molar-refractivity contribution < 1.29 is 18.0 Å². The third kappa shape index (κ3) is 2.07. The average molecular weight is 244 g/mol. The fraction of sp³-hybridized carbons (Fsp3) is 0.364. The topological polar surface area (TPSA) is 41.1 Å². The van der Waals surface area contributed by atoms with Gasteiger partial charge in [-0.05, 0) is 37.1 Å². The molecule has 0 bridgehead atoms. The van der Waals surface area contributed by atoms with Crippen molar-refractivity contribution in [3.05, 3.63) is 23.3 Å². The van der Waals surface area contributed by atoms with Gasteiger partial charge in [0, 0.05) is 0 Å². The Kier molecular flexibility index (Phi) is 2.52. The molecule has 0 saturated heterocycles. The van der Waals surface area contributed by atoms with Gasteiger partial charge in [0.25, 0.3) is 5.91 Å². The Hall–Kier alpha value is -1.72. The van der Waals surface area contributed by atoms with Crippen molar-refractivity contribution in [2.75, 3.05) is 10.6 Å². The van der Waals surface area contributed by atoms with Crippen LogP contribution in [0, 0.1) is 13.8 Å². The minimum atomic E-state index is -4.60. The van der Waals surface area contributed by atoms with Gasteiger partial charge in [-0.1, -0.05) is 0 Å². The number of benzene rings is 1. The van der Waals surface area contributed by atoms with E-state index in [2.05, 4.69) is 10.6 Å². The summed E-state index contributed by atoms with van der Waals surface area (Å²) in [5, 5.41) is 4.48. The van der Waals surface area contributed by atoms with E-state index in [0.717, 1.165) is 11.1 Å². The van der Waals surface area contributed by atoms with Crippen molar-refractivity contribution in [2.45, 2.75) is 26.1 Å². The first-order valence-corrected chi connectivity index (χ1v) is 5.04. The molecule has 0 aliphatic carbocycles. The summed E-state index contributed by atoms with van der Waals surface area (Å²) < 4.78 is 37.6. The summed E-state index contributed by atoms with van der Waals surface area (Å²) in [6, 6.07) is 1.07. The van der Waals surface area contributed by atoms with Gasteiger partial charge < -0.3 is 10.6 Å². The maximum absolute atomic E-state index is 12.5. The molecule has 1 aromatic carbocycles. The number of anilines is 2. The first kappa shape index (κ1) is 11.8. The number of carbonyl (C=O) groups is 1. The van der Waals surface area contributed by atoms with E-state index in [1.807, 2.05) is 6.92 Å². The average Bonchev–Trinajstić information content (AvgIpc) is 2.18. The van der Waals surface area contributed by atoms with Gasteiger partial charge in [-0.15, -0.1) is 0 Å². The van der Waals surface area contributed by atoms with Crippen LogP contribution in [0.4, 0.5) is 24.5 Å². The van der Waals surface area contributed by atoms with E-state index in [0.29, 0.717) is 11.4 Å². The van der Waals surface area contributed by atoms with Gasteiger partial charge in [0.15, 0.2) is 0 Å². The fourth-order valence-corrected chi connectivity index (χ4v) is 1.70. The summed E-state index contributed by atoms with van der Waals surface area (Å²) >= 11 is 0. The van der Waals surface area contributed by atoms with Crippen LogP contribution in [0.15, 0.2) is 12.1 Å². The van der Waals surface area contributed by atoms with Crippen molar-refractivity contribution in [3.63, 3.8) is 0 Å². The van der Waals surface area contributed by atoms with Gasteiger partial charge in [-0.3, -0.25) is 4.79 Å². The quantitative estimate of drug-likeness (QED) is 0.736. The van der Waals surface area contributed by atoms with Crippen LogP contribution in [0.2, 0.25) is 0 Å². The van der Waals surface area contributed by atoms with Crippen molar-refractivity contribution in [2.24, 2.45) is 0 Å². The summed E-state index contributed by atoms with van der Waals surface area (Å²) in [6.45, 7) is 3.63. The molecule has 2 N–H and O–H groups in total. The Morgan fingerprint density at radius 3 is 2.18 bits per heavy atom. The first-order valence-electron chi connectivity index (χ1n) is 5.04. The van der Waals surface area contributed by atoms with Crippen molar-refractivity contribution >= 4 is 17.3 Å². The van der Waals surface area contributed by atoms with Crippen LogP contribution in [0.1, 0.15) is 11.1 Å². The Bertz CT molecular complexity index is 482. The lowest BCUT2D eigenvalue weighted by Gasteiger charge is -2.28. The van der Waals surface area contributed by atoms with Gasteiger partial charge in [0.2, 0.25) is 6.04 Å². The molecule has 92 valence electrons. The molecule has 1 aromatic rings. The molecule has 17 heavy (non-hydrogen) atoms. The highest BCUT2D eigenvalue weighted by Gasteiger charge is 2.47. The van der Waals surface area contributed by atoms with Crippen LogP contribution in [0.25, 0.3) is 0 Å². The maximum atomic E-state index is 12.5. The second-order valence-electron chi connectivity index (χ2n) is 4.09. The number of carbonyl (C=O) groups excluding carboxylic acids is 1. The predicted octanol–water partition coefficient (Wildman–Crippen LogP) is 2.60. The van der Waals surface area contributed by atoms with E-state index in [9.17, 15) is 18.0 Å². The molecule has 0 unspecified atom stereocenters. The molecule has 2 rings (SSSR count). The first-order chi connectivity index (χ1) is 7.79. The molecule has 6 heteroatoms. The second kappa shape index (κ2) is 3.65. The monoisotopic (exact) mass is 244 g/mol. The van der Waals surface area contributed by atoms with Crippen LogP contribution in [-0.2, 0) is 4.79 Å². The number of nitrogens with one attached hydrogen (secondary N) is 2. The largest absolute Gasteiger partial charge is 0.417 e. The molecule has 1 amide bonds. The number of amides is 1. The smallest absolute Gasteiger partial charge is 0.365 e. The van der Waals surface area contributed by atoms with Crippen LogP contribution >= 0.6 is 0 Å². The number of halogens is 3. The highest BCUT2D eigenvalue weighted by molar-refractivity contribution is 6.03. The lowest BCUT2D eigenvalue weighted by Crippen LogP contribution is -2.48. The standard InChI is InChI=1S/C11H11F3N2O/c1-5-3-7-8(4-6(5)2)16-10(17)9(15-7)11(12,13)14/h3-4,9,15H,1-2H3,(H,16,17)/t9-/m1/s1. The minimum absolute atomic E-state index is 0.301. The lowest BCUT2D eigenvalue weighted by molar-refractivity contribution is -0.156. The molecule has 3 nitrogen and oxygen atoms in total. The number of hydrogen-bond acceptors (Lipinski definition) is 2. The molecule has 0 spiro atoms. The number of rotatable bonds is 0. The Morgan fingerprint density at radius 2 is 1.65 bits per heavy atom. The lowest BCUT2D eigenvalue weighted by atomic mass is 10.0. The van der Waals surface area contributed by atoms with Gasteiger partial charge in [-0.2, -0.15) is 13.2 Å². The SMILES string of the molecule is Cc1cc2c(cc1C)N[C@@H](C(F)(F)F)C(=O)N2. The highest BCUT2D eigenvalue weighted by atomic mass is 19.4. The Balaban J connectivity index is 2.41. The van der Waals surface area contributed by atoms with Crippen LogP contribution in [0.5, 0.6) is 0 Å². The summed E-state index contributed by atoms with van der Waals surface area (Å²) in [5.74, 6) is -1.08. The van der Waals surface area contributed by atoms with Crippen molar-refractivity contribution in [1.82, 2.24) is 0 Å². The molecule has 0 fully saturated rings. The Labute approximate surface area is 96.0 Å². The second-order valence-corrected chi connectivity index (χ2v) is 4.09. The molecule has 1 aliphatic rings. The normalized spacial score (nSPS) is 19.4. The molecule has 1 heterocycles. The maximum Gasteiger partial charge on any atom is 0.417 e. The molecule has 1 atom stereocenters. The third-order valence-electron chi connectivity index (χ3n) is 2.78. The van der Waals surface area contributed by atoms with Crippen LogP contribution in [0.3, 0.4) is 0 Å². The zero-order chi connectivity index (χ0) is 12.8. The number of alkyl halides is 3. The number of fused-ring (bicyclic) bond motifs is 1. The molecular weight excluding hydrogens is 233 g/mol. The zero-order valence-corrected chi connectivity index (χ0v) is 9.27. The minimum Gasteiger partial charge on any atom is -0.365 e. The zero-order valence-electron chi connectivity index (χ0n) is 9.27. The highest BCUT2D eigenvalue weighted by Crippen LogP contribution is 2.34. The molecule has 0 saturated carbocycles. The van der Waals surface area contributed by atoms with Gasteiger partial charge in [0.05, 0.1) is 11.4 Å². The van der Waals surface area contributed by atoms with E-state index in [4.69, 9.17) is 0 Å². The van der Waals surface area contributed by atoms with Gasteiger partial charge in [-0.25, -0.2) is 0 Å². The van der Waals surface area contributed by atoms with E-state index in [-0.39, 0.29) is 0 Å². The van der Waals surface area contributed by atoms with Crippen LogP contribution in [-0.4, -0.2) is 18.1 Å². The third-order valence-corrected chi connectivity index (χ3v) is 2.78. The van der Waals surface area contributed by atoms with E-state index in [1.165, 1.54) is 0 Å². The van der Waals surface area contributed by atoms with E-state index in [1.54, 1.807) is 19.1 Å². The molecule has 1 aliphatic heterocycles. The van der Waals surface area contributed by atoms with Crippen molar-refractivity contribution in [1.29, 1.82) is 0 Å². The van der Waals surface area contributed by atoms with Gasteiger partial charge in [0.1, 0.15) is 0 Å². The number of hydrogen-bond donors (Lipinski definition) is 2. The molecule has 0 aromatic heterocycles. The predicted molar refractivity (Wildman–Crippen MR) is 58.0 cm³/mol. The molecular formula is C11H11F3N2O. The van der Waals surface area contributed by atoms with Crippen molar-refractivity contribution in [3.8, 4) is 0 Å². The number of aryl methyl sites for hydroxylation is 2. The fourth-order valence-electron chi connectivity index (χ4n) is 1.70. The molecule has 0 radical (unpaired) electrons. The Morgan fingerprint density at radius 1 is 1.12 bits per heavy atom. The summed E-state index contributed by atoms with van der Waals surface area (Å²) in [6.07, 6.45) is -4.60. The summed E-state index contributed by atoms with van der Waals surface area (Å²) in [5.41, 5.74) is 2.47. The van der Waals surface area contributed by atoms with Crippen LogP contribution < -0.4 is 10.6 Å². The summed E-state index contributed by atoms with van der Waals surface area (Å²) in [7, 11) is 0. The van der Waals surface area contributed by atoms with E-state index < -0.39 is 18.1 Å². The summed E-state index contributed by atoms with van der Waals surface area (Å²) in [4.78, 5) is 11.3. The van der Waals surface area contributed by atoms with Gasteiger partial charge >= 0.3 is 6.18 Å².